The molecule has 0 aliphatic heterocycles. The van der Waals surface area contributed by atoms with Gasteiger partial charge in [-0.15, -0.1) is 0 Å². The van der Waals surface area contributed by atoms with Crippen LogP contribution in [0.25, 0.3) is 0 Å². The minimum atomic E-state index is -0.934. The van der Waals surface area contributed by atoms with E-state index >= 15 is 0 Å². The summed E-state index contributed by atoms with van der Waals surface area (Å²) in [6, 6.07) is 9.42. The molecule has 0 aliphatic carbocycles. The lowest BCUT2D eigenvalue weighted by atomic mass is 10.2. The number of amides is 2. The van der Waals surface area contributed by atoms with E-state index in [0.29, 0.717) is 0 Å². The highest BCUT2D eigenvalue weighted by Gasteiger charge is 2.11. The quantitative estimate of drug-likeness (QED) is 0.502. The molecule has 2 amide bonds. The average Bonchev–Trinajstić information content (AvgIpc) is 2.55. The maximum atomic E-state index is 13.3. The van der Waals surface area contributed by atoms with Gasteiger partial charge < -0.3 is 5.32 Å². The molecule has 0 saturated heterocycles. The van der Waals surface area contributed by atoms with Gasteiger partial charge >= 0.3 is 11.8 Å². The molecular formula is C15H13FN4O2. The number of hydrazone groups is 1. The molecule has 0 aliphatic rings. The third-order valence-corrected chi connectivity index (χ3v) is 2.66. The van der Waals surface area contributed by atoms with E-state index in [1.165, 1.54) is 18.2 Å². The number of rotatable bonds is 4. The summed E-state index contributed by atoms with van der Waals surface area (Å²) in [5.41, 5.74) is 3.00. The van der Waals surface area contributed by atoms with Crippen molar-refractivity contribution in [2.45, 2.75) is 6.54 Å². The summed E-state index contributed by atoms with van der Waals surface area (Å²) in [6.45, 7) is 0.178. The molecule has 6 nitrogen and oxygen atoms in total. The van der Waals surface area contributed by atoms with Gasteiger partial charge in [-0.3, -0.25) is 14.6 Å². The molecule has 2 N–H and O–H groups in total. The number of carbonyl (C=O) groups is 2. The lowest BCUT2D eigenvalue weighted by molar-refractivity contribution is -0.139. The zero-order chi connectivity index (χ0) is 15.8. The van der Waals surface area contributed by atoms with Gasteiger partial charge in [0.15, 0.2) is 0 Å². The van der Waals surface area contributed by atoms with Crippen molar-refractivity contribution in [3.8, 4) is 0 Å². The number of hydrogen-bond acceptors (Lipinski definition) is 4. The topological polar surface area (TPSA) is 83.5 Å². The molecule has 0 spiro atoms. The summed E-state index contributed by atoms with van der Waals surface area (Å²) in [5, 5.41) is 5.96. The highest BCUT2D eigenvalue weighted by molar-refractivity contribution is 6.35. The fraction of sp³-hybridized carbons (Fsp3) is 0.0667. The van der Waals surface area contributed by atoms with Gasteiger partial charge in [-0.25, -0.2) is 9.82 Å². The number of carbonyl (C=O) groups excluding carboxylic acids is 2. The Morgan fingerprint density at radius 1 is 1.18 bits per heavy atom. The van der Waals surface area contributed by atoms with E-state index in [-0.39, 0.29) is 12.1 Å². The van der Waals surface area contributed by atoms with Crippen LogP contribution in [0.4, 0.5) is 4.39 Å². The summed E-state index contributed by atoms with van der Waals surface area (Å²) in [5.74, 6) is -2.24. The van der Waals surface area contributed by atoms with Crippen molar-refractivity contribution >= 4 is 18.0 Å². The largest absolute Gasteiger partial charge is 0.344 e. The lowest BCUT2D eigenvalue weighted by Crippen LogP contribution is -2.37. The van der Waals surface area contributed by atoms with Crippen molar-refractivity contribution in [1.29, 1.82) is 0 Å². The van der Waals surface area contributed by atoms with E-state index in [1.807, 2.05) is 5.43 Å². The third-order valence-electron chi connectivity index (χ3n) is 2.66. The van der Waals surface area contributed by atoms with Crippen LogP contribution in [-0.4, -0.2) is 23.0 Å². The number of nitrogens with zero attached hydrogens (tertiary/aromatic N) is 2. The fourth-order valence-corrected chi connectivity index (χ4v) is 1.56. The summed E-state index contributed by atoms with van der Waals surface area (Å²) in [7, 11) is 0. The first-order chi connectivity index (χ1) is 10.7. The van der Waals surface area contributed by atoms with Gasteiger partial charge in [-0.1, -0.05) is 24.3 Å². The summed E-state index contributed by atoms with van der Waals surface area (Å²) in [6.07, 6.45) is 4.31. The Morgan fingerprint density at radius 3 is 2.73 bits per heavy atom. The summed E-state index contributed by atoms with van der Waals surface area (Å²) in [4.78, 5) is 26.9. The molecule has 112 valence electrons. The Hall–Kier alpha value is -3.09. The molecule has 22 heavy (non-hydrogen) atoms. The maximum Gasteiger partial charge on any atom is 0.329 e. The van der Waals surface area contributed by atoms with Gasteiger partial charge in [0.2, 0.25) is 0 Å². The fourth-order valence-electron chi connectivity index (χ4n) is 1.56. The number of hydrogen-bond donors (Lipinski definition) is 2. The standard InChI is InChI=1S/C15H13FN4O2/c16-13-6-2-1-5-12(13)10-19-20-15(22)14(21)18-9-11-4-3-7-17-8-11/h1-8,10H,9H2,(H,18,21)(H,20,22)/b19-10+. The number of aromatic nitrogens is 1. The van der Waals surface area contributed by atoms with Crippen molar-refractivity contribution in [1.82, 2.24) is 15.7 Å². The summed E-state index contributed by atoms with van der Waals surface area (Å²) < 4.78 is 13.3. The molecule has 0 unspecified atom stereocenters. The van der Waals surface area contributed by atoms with Crippen LogP contribution in [-0.2, 0) is 16.1 Å². The molecular weight excluding hydrogens is 287 g/mol. The van der Waals surface area contributed by atoms with Crippen molar-refractivity contribution in [3.05, 3.63) is 65.7 Å². The third kappa shape index (κ3) is 4.48. The number of benzene rings is 1. The van der Waals surface area contributed by atoms with Gasteiger partial charge in [0.1, 0.15) is 5.82 Å². The van der Waals surface area contributed by atoms with E-state index < -0.39 is 17.6 Å². The molecule has 7 heteroatoms. The Bertz CT molecular complexity index is 689. The van der Waals surface area contributed by atoms with E-state index in [1.54, 1.807) is 30.6 Å². The highest BCUT2D eigenvalue weighted by Crippen LogP contribution is 2.02. The molecule has 2 rings (SSSR count). The van der Waals surface area contributed by atoms with Gasteiger partial charge in [-0.2, -0.15) is 5.10 Å². The van der Waals surface area contributed by atoms with E-state index in [2.05, 4.69) is 15.4 Å². The lowest BCUT2D eigenvalue weighted by Gasteiger charge is -2.03. The Kier molecular flexibility index (Phi) is 5.31. The predicted octanol–water partition coefficient (Wildman–Crippen LogP) is 0.987. The molecule has 1 aromatic heterocycles. The number of pyridine rings is 1. The van der Waals surface area contributed by atoms with Crippen LogP contribution in [0.15, 0.2) is 53.9 Å². The van der Waals surface area contributed by atoms with Crippen LogP contribution in [0.2, 0.25) is 0 Å². The molecule has 1 aromatic carbocycles. The maximum absolute atomic E-state index is 13.3. The van der Waals surface area contributed by atoms with Gasteiger partial charge in [0, 0.05) is 24.5 Å². The average molecular weight is 300 g/mol. The molecule has 0 bridgehead atoms. The molecule has 0 saturated carbocycles. The number of nitrogens with one attached hydrogen (secondary N) is 2. The van der Waals surface area contributed by atoms with Crippen molar-refractivity contribution in [3.63, 3.8) is 0 Å². The van der Waals surface area contributed by atoms with Crippen LogP contribution < -0.4 is 10.7 Å². The van der Waals surface area contributed by atoms with E-state index in [9.17, 15) is 14.0 Å². The van der Waals surface area contributed by atoms with Gasteiger partial charge in [0.25, 0.3) is 0 Å². The SMILES string of the molecule is O=C(NCc1cccnc1)C(=O)N/N=C/c1ccccc1F. The van der Waals surface area contributed by atoms with Gasteiger partial charge in [0.05, 0.1) is 6.21 Å². The highest BCUT2D eigenvalue weighted by atomic mass is 19.1. The molecule has 1 heterocycles. The molecule has 0 radical (unpaired) electrons. The summed E-state index contributed by atoms with van der Waals surface area (Å²) >= 11 is 0. The normalized spacial score (nSPS) is 10.4. The second-order valence-electron chi connectivity index (χ2n) is 4.26. The number of halogens is 1. The second-order valence-corrected chi connectivity index (χ2v) is 4.26. The first-order valence-electron chi connectivity index (χ1n) is 6.41. The van der Waals surface area contributed by atoms with Crippen LogP contribution in [0.3, 0.4) is 0 Å². The van der Waals surface area contributed by atoms with Crippen molar-refractivity contribution in [2.24, 2.45) is 5.10 Å². The molecule has 2 aromatic rings. The van der Waals surface area contributed by atoms with E-state index in [4.69, 9.17) is 0 Å². The van der Waals surface area contributed by atoms with Crippen LogP contribution in [0.5, 0.6) is 0 Å². The minimum absolute atomic E-state index is 0.178. The Balaban J connectivity index is 1.82. The first kappa shape index (κ1) is 15.3. The molecule has 0 atom stereocenters. The minimum Gasteiger partial charge on any atom is -0.344 e. The van der Waals surface area contributed by atoms with Crippen LogP contribution in [0, 0.1) is 5.82 Å². The van der Waals surface area contributed by atoms with Crippen molar-refractivity contribution < 1.29 is 14.0 Å². The van der Waals surface area contributed by atoms with Gasteiger partial charge in [-0.05, 0) is 17.7 Å². The Morgan fingerprint density at radius 2 is 2.00 bits per heavy atom. The van der Waals surface area contributed by atoms with Crippen LogP contribution >= 0.6 is 0 Å². The Labute approximate surface area is 126 Å². The monoisotopic (exact) mass is 300 g/mol. The smallest absolute Gasteiger partial charge is 0.329 e. The predicted molar refractivity (Wildman–Crippen MR) is 78.2 cm³/mol. The zero-order valence-electron chi connectivity index (χ0n) is 11.5. The first-order valence-corrected chi connectivity index (χ1v) is 6.41. The zero-order valence-corrected chi connectivity index (χ0v) is 11.5. The van der Waals surface area contributed by atoms with Crippen molar-refractivity contribution in [2.75, 3.05) is 0 Å². The van der Waals surface area contributed by atoms with Crippen LogP contribution in [0.1, 0.15) is 11.1 Å². The second kappa shape index (κ2) is 7.63. The molecule has 0 fully saturated rings. The van der Waals surface area contributed by atoms with E-state index in [0.717, 1.165) is 11.8 Å².